The zero-order valence-corrected chi connectivity index (χ0v) is 14.0. The van der Waals surface area contributed by atoms with Crippen LogP contribution in [0.15, 0.2) is 4.99 Å². The Bertz CT molecular complexity index is 414. The molecule has 120 valence electrons. The van der Waals surface area contributed by atoms with Gasteiger partial charge >= 0.3 is 0 Å². The van der Waals surface area contributed by atoms with Crippen molar-refractivity contribution in [1.29, 1.82) is 0 Å². The summed E-state index contributed by atoms with van der Waals surface area (Å²) in [6.07, 6.45) is 5.55. The predicted octanol–water partition coefficient (Wildman–Crippen LogP) is 2.55. The molecule has 4 nitrogen and oxygen atoms in total. The largest absolute Gasteiger partial charge is 0.377 e. The van der Waals surface area contributed by atoms with Crippen molar-refractivity contribution in [1.82, 2.24) is 10.6 Å². The number of nitrogens with zero attached hydrogens (tertiary/aromatic N) is 1. The Balaban J connectivity index is 1.64. The first kappa shape index (κ1) is 15.1. The SMILES string of the molecule is CCNC(=NCC1(C)CC1)NC1C2CCCOC2C1(C)C. The molecule has 2 saturated carbocycles. The third-order valence-corrected chi connectivity index (χ3v) is 5.69. The fraction of sp³-hybridized carbons (Fsp3) is 0.941. The average molecular weight is 293 g/mol. The van der Waals surface area contributed by atoms with Crippen molar-refractivity contribution < 1.29 is 4.74 Å². The van der Waals surface area contributed by atoms with E-state index in [1.54, 1.807) is 0 Å². The van der Waals surface area contributed by atoms with Gasteiger partial charge in [-0.2, -0.15) is 0 Å². The number of nitrogens with one attached hydrogen (secondary N) is 2. The standard InChI is InChI=1S/C17H31N3O/c1-5-18-15(19-11-17(4)8-9-17)20-13-12-7-6-10-21-14(12)16(13,2)3/h12-14H,5-11H2,1-4H3,(H2,18,19,20). The number of hydrogen-bond acceptors (Lipinski definition) is 2. The smallest absolute Gasteiger partial charge is 0.191 e. The molecule has 1 saturated heterocycles. The molecule has 0 bridgehead atoms. The van der Waals surface area contributed by atoms with Crippen LogP contribution in [-0.2, 0) is 4.74 Å². The second-order valence-electron chi connectivity index (χ2n) is 8.05. The summed E-state index contributed by atoms with van der Waals surface area (Å²) < 4.78 is 5.99. The Morgan fingerprint density at radius 2 is 2.05 bits per heavy atom. The Kier molecular flexibility index (Phi) is 3.93. The lowest BCUT2D eigenvalue weighted by atomic mass is 9.55. The summed E-state index contributed by atoms with van der Waals surface area (Å²) in [5.74, 6) is 1.64. The lowest BCUT2D eigenvalue weighted by Crippen LogP contribution is -2.71. The van der Waals surface area contributed by atoms with Crippen LogP contribution < -0.4 is 10.6 Å². The summed E-state index contributed by atoms with van der Waals surface area (Å²) in [5.41, 5.74) is 0.665. The molecule has 3 unspecified atom stereocenters. The quantitative estimate of drug-likeness (QED) is 0.618. The lowest BCUT2D eigenvalue weighted by Gasteiger charge is -2.60. The molecular weight excluding hydrogens is 262 g/mol. The maximum atomic E-state index is 5.99. The number of aliphatic imine (C=N–C) groups is 1. The van der Waals surface area contributed by atoms with Crippen molar-refractivity contribution in [2.24, 2.45) is 21.7 Å². The normalized spacial score (nSPS) is 36.4. The summed E-state index contributed by atoms with van der Waals surface area (Å²) >= 11 is 0. The van der Waals surface area contributed by atoms with Crippen molar-refractivity contribution >= 4 is 5.96 Å². The van der Waals surface area contributed by atoms with E-state index in [9.17, 15) is 0 Å². The summed E-state index contributed by atoms with van der Waals surface area (Å²) in [6.45, 7) is 11.9. The van der Waals surface area contributed by atoms with Gasteiger partial charge in [-0.25, -0.2) is 0 Å². The minimum Gasteiger partial charge on any atom is -0.377 e. The van der Waals surface area contributed by atoms with Crippen LogP contribution in [0.4, 0.5) is 0 Å². The number of ether oxygens (including phenoxy) is 1. The number of hydrogen-bond donors (Lipinski definition) is 2. The van der Waals surface area contributed by atoms with Gasteiger partial charge in [0, 0.05) is 37.1 Å². The predicted molar refractivity (Wildman–Crippen MR) is 86.5 cm³/mol. The van der Waals surface area contributed by atoms with Crippen molar-refractivity contribution in [2.45, 2.75) is 65.5 Å². The average Bonchev–Trinajstić information content (AvgIpc) is 3.20. The van der Waals surface area contributed by atoms with Crippen LogP contribution in [0.3, 0.4) is 0 Å². The summed E-state index contributed by atoms with van der Waals surface area (Å²) in [5, 5.41) is 7.12. The fourth-order valence-electron chi connectivity index (χ4n) is 3.92. The Morgan fingerprint density at radius 3 is 2.71 bits per heavy atom. The monoisotopic (exact) mass is 293 g/mol. The lowest BCUT2D eigenvalue weighted by molar-refractivity contribution is -0.188. The van der Waals surface area contributed by atoms with Crippen molar-refractivity contribution in [3.8, 4) is 0 Å². The maximum Gasteiger partial charge on any atom is 0.191 e. The number of rotatable bonds is 4. The van der Waals surface area contributed by atoms with Gasteiger partial charge in [0.1, 0.15) is 0 Å². The van der Waals surface area contributed by atoms with Gasteiger partial charge in [0.2, 0.25) is 0 Å². The van der Waals surface area contributed by atoms with E-state index in [-0.39, 0.29) is 5.41 Å². The molecule has 3 atom stereocenters. The van der Waals surface area contributed by atoms with Gasteiger partial charge in [-0.15, -0.1) is 0 Å². The molecule has 0 spiro atoms. The van der Waals surface area contributed by atoms with Crippen LogP contribution in [0.25, 0.3) is 0 Å². The van der Waals surface area contributed by atoms with Crippen LogP contribution in [0.5, 0.6) is 0 Å². The van der Waals surface area contributed by atoms with Crippen LogP contribution >= 0.6 is 0 Å². The fourth-order valence-corrected chi connectivity index (χ4v) is 3.92. The zero-order valence-electron chi connectivity index (χ0n) is 14.0. The van der Waals surface area contributed by atoms with E-state index < -0.39 is 0 Å². The van der Waals surface area contributed by atoms with E-state index in [0.717, 1.165) is 25.7 Å². The Labute approximate surface area is 129 Å². The van der Waals surface area contributed by atoms with Crippen LogP contribution in [-0.4, -0.2) is 37.8 Å². The molecule has 0 amide bonds. The van der Waals surface area contributed by atoms with Gasteiger partial charge in [-0.3, -0.25) is 4.99 Å². The van der Waals surface area contributed by atoms with Gasteiger partial charge in [0.25, 0.3) is 0 Å². The molecule has 1 heterocycles. The first-order valence-electron chi connectivity index (χ1n) is 8.63. The van der Waals surface area contributed by atoms with E-state index in [2.05, 4.69) is 38.3 Å². The molecule has 3 fully saturated rings. The first-order chi connectivity index (χ1) is 9.96. The molecule has 2 N–H and O–H groups in total. The molecule has 1 aliphatic heterocycles. The van der Waals surface area contributed by atoms with Crippen LogP contribution in [0.2, 0.25) is 0 Å². The van der Waals surface area contributed by atoms with Crippen molar-refractivity contribution in [3.05, 3.63) is 0 Å². The van der Waals surface area contributed by atoms with E-state index in [4.69, 9.17) is 9.73 Å². The molecule has 3 aliphatic rings. The summed E-state index contributed by atoms with van der Waals surface area (Å²) in [4.78, 5) is 4.83. The molecule has 0 aromatic heterocycles. The minimum absolute atomic E-state index is 0.199. The van der Waals surface area contributed by atoms with Gasteiger partial charge < -0.3 is 15.4 Å². The summed E-state index contributed by atoms with van der Waals surface area (Å²) in [7, 11) is 0. The molecular formula is C17H31N3O. The molecule has 2 aliphatic carbocycles. The summed E-state index contributed by atoms with van der Waals surface area (Å²) in [6, 6.07) is 0.479. The number of guanidine groups is 1. The van der Waals surface area contributed by atoms with E-state index >= 15 is 0 Å². The van der Waals surface area contributed by atoms with E-state index in [0.29, 0.717) is 23.5 Å². The van der Waals surface area contributed by atoms with Crippen molar-refractivity contribution in [3.63, 3.8) is 0 Å². The van der Waals surface area contributed by atoms with Crippen LogP contribution in [0.1, 0.15) is 53.4 Å². The van der Waals surface area contributed by atoms with Crippen molar-refractivity contribution in [2.75, 3.05) is 19.7 Å². The highest BCUT2D eigenvalue weighted by Crippen LogP contribution is 2.51. The highest BCUT2D eigenvalue weighted by Gasteiger charge is 2.58. The highest BCUT2D eigenvalue weighted by molar-refractivity contribution is 5.80. The molecule has 0 aromatic carbocycles. The van der Waals surface area contributed by atoms with E-state index in [1.807, 2.05) is 0 Å². The first-order valence-corrected chi connectivity index (χ1v) is 8.63. The Morgan fingerprint density at radius 1 is 1.29 bits per heavy atom. The highest BCUT2D eigenvalue weighted by atomic mass is 16.5. The molecule has 4 heteroatoms. The third-order valence-electron chi connectivity index (χ3n) is 5.69. The van der Waals surface area contributed by atoms with E-state index in [1.165, 1.54) is 25.7 Å². The topological polar surface area (TPSA) is 45.7 Å². The second-order valence-corrected chi connectivity index (χ2v) is 8.05. The van der Waals surface area contributed by atoms with Gasteiger partial charge in [0.05, 0.1) is 6.10 Å². The number of fused-ring (bicyclic) bond motifs is 1. The van der Waals surface area contributed by atoms with Gasteiger partial charge in [-0.05, 0) is 38.0 Å². The maximum absolute atomic E-state index is 5.99. The Hall–Kier alpha value is -0.770. The third kappa shape index (κ3) is 2.92. The zero-order chi connectivity index (χ0) is 15.1. The van der Waals surface area contributed by atoms with Crippen LogP contribution in [0, 0.1) is 16.7 Å². The molecule has 0 aromatic rings. The second kappa shape index (κ2) is 5.45. The minimum atomic E-state index is 0.199. The van der Waals surface area contributed by atoms with Gasteiger partial charge in [0.15, 0.2) is 5.96 Å². The van der Waals surface area contributed by atoms with Gasteiger partial charge in [-0.1, -0.05) is 20.8 Å². The molecule has 0 radical (unpaired) electrons. The molecule has 21 heavy (non-hydrogen) atoms. The molecule has 3 rings (SSSR count).